The number of benzene rings is 2. The summed E-state index contributed by atoms with van der Waals surface area (Å²) in [7, 11) is 0. The first-order valence-corrected chi connectivity index (χ1v) is 14.4. The standard InChI is InChI=1S/C31H41N5O7/c1-31(2,3)43-29(38)13-17-36(16-8-14-34-35-32)28(37)22-41-20-19-40-18-15-33-30(39)42-21-27-25-11-6-4-9-23(25)24-10-5-7-12-26(24)27/h4-7,9-12,27H,8,13-22H2,1-3H3,(H,33,39). The van der Waals surface area contributed by atoms with Crippen molar-refractivity contribution in [2.45, 2.75) is 45.1 Å². The van der Waals surface area contributed by atoms with Crippen molar-refractivity contribution < 1.29 is 33.3 Å². The molecule has 0 saturated carbocycles. The van der Waals surface area contributed by atoms with Crippen LogP contribution in [-0.4, -0.2) is 87.7 Å². The summed E-state index contributed by atoms with van der Waals surface area (Å²) in [5, 5.41) is 6.17. The molecule has 1 aliphatic carbocycles. The molecule has 0 radical (unpaired) electrons. The summed E-state index contributed by atoms with van der Waals surface area (Å²) in [6.45, 7) is 7.05. The van der Waals surface area contributed by atoms with Crippen LogP contribution in [0.15, 0.2) is 53.6 Å². The van der Waals surface area contributed by atoms with E-state index in [0.717, 1.165) is 11.1 Å². The first kappa shape index (κ1) is 33.4. The van der Waals surface area contributed by atoms with Crippen molar-refractivity contribution in [3.8, 4) is 11.1 Å². The van der Waals surface area contributed by atoms with Crippen molar-refractivity contribution in [1.29, 1.82) is 0 Å². The average molecular weight is 596 g/mol. The summed E-state index contributed by atoms with van der Waals surface area (Å²) >= 11 is 0. The van der Waals surface area contributed by atoms with Gasteiger partial charge in [-0.1, -0.05) is 53.6 Å². The molecular formula is C31H41N5O7. The Morgan fingerprint density at radius 3 is 2.26 bits per heavy atom. The molecule has 2 amide bonds. The lowest BCUT2D eigenvalue weighted by Crippen LogP contribution is -2.38. The molecule has 0 aliphatic heterocycles. The topological polar surface area (TPSA) is 152 Å². The van der Waals surface area contributed by atoms with Crippen molar-refractivity contribution >= 4 is 18.0 Å². The highest BCUT2D eigenvalue weighted by Crippen LogP contribution is 2.44. The molecule has 232 valence electrons. The third kappa shape index (κ3) is 11.2. The highest BCUT2D eigenvalue weighted by atomic mass is 16.6. The number of nitrogens with one attached hydrogen (secondary N) is 1. The second kappa shape index (κ2) is 17.1. The number of hydrogen-bond acceptors (Lipinski definition) is 8. The minimum absolute atomic E-state index is 0.00598. The Hall–Kier alpha value is -4.12. The fourth-order valence-electron chi connectivity index (χ4n) is 4.70. The molecule has 12 nitrogen and oxygen atoms in total. The number of azide groups is 1. The van der Waals surface area contributed by atoms with E-state index in [0.29, 0.717) is 13.0 Å². The summed E-state index contributed by atoms with van der Waals surface area (Å²) in [6, 6.07) is 16.3. The molecule has 0 atom stereocenters. The maximum absolute atomic E-state index is 12.7. The summed E-state index contributed by atoms with van der Waals surface area (Å²) in [6.07, 6.45) is -0.00644. The van der Waals surface area contributed by atoms with E-state index in [9.17, 15) is 14.4 Å². The van der Waals surface area contributed by atoms with Crippen LogP contribution in [0.2, 0.25) is 0 Å². The summed E-state index contributed by atoms with van der Waals surface area (Å²) < 4.78 is 21.7. The van der Waals surface area contributed by atoms with E-state index >= 15 is 0 Å². The minimum Gasteiger partial charge on any atom is -0.460 e. The Morgan fingerprint density at radius 2 is 1.60 bits per heavy atom. The number of nitrogens with zero attached hydrogens (tertiary/aromatic N) is 4. The zero-order valence-electron chi connectivity index (χ0n) is 25.1. The molecule has 43 heavy (non-hydrogen) atoms. The number of fused-ring (bicyclic) bond motifs is 3. The van der Waals surface area contributed by atoms with E-state index in [2.05, 4.69) is 39.6 Å². The average Bonchev–Trinajstić information content (AvgIpc) is 3.29. The van der Waals surface area contributed by atoms with Gasteiger partial charge in [0.25, 0.3) is 0 Å². The van der Waals surface area contributed by atoms with Crippen molar-refractivity contribution in [2.75, 3.05) is 59.2 Å². The van der Waals surface area contributed by atoms with E-state index in [1.807, 2.05) is 24.3 Å². The molecule has 2 aromatic carbocycles. The molecule has 0 saturated heterocycles. The van der Waals surface area contributed by atoms with Crippen molar-refractivity contribution in [1.82, 2.24) is 10.2 Å². The molecule has 1 aliphatic rings. The number of esters is 1. The summed E-state index contributed by atoms with van der Waals surface area (Å²) in [5.41, 5.74) is 12.5. The Bertz CT molecular complexity index is 1230. The molecule has 0 bridgehead atoms. The monoisotopic (exact) mass is 595 g/mol. The van der Waals surface area contributed by atoms with Gasteiger partial charge >= 0.3 is 12.1 Å². The van der Waals surface area contributed by atoms with Crippen LogP contribution in [0.1, 0.15) is 50.7 Å². The van der Waals surface area contributed by atoms with E-state index < -0.39 is 17.7 Å². The minimum atomic E-state index is -0.609. The van der Waals surface area contributed by atoms with Gasteiger partial charge in [0.2, 0.25) is 5.91 Å². The van der Waals surface area contributed by atoms with Gasteiger partial charge in [-0.2, -0.15) is 0 Å². The van der Waals surface area contributed by atoms with Gasteiger partial charge in [0.05, 0.1) is 26.2 Å². The number of hydrogen-bond donors (Lipinski definition) is 1. The molecule has 0 aromatic heterocycles. The molecule has 0 unspecified atom stereocenters. The predicted molar refractivity (Wildman–Crippen MR) is 160 cm³/mol. The van der Waals surface area contributed by atoms with Gasteiger partial charge in [0.1, 0.15) is 18.8 Å². The molecule has 1 N–H and O–H groups in total. The summed E-state index contributed by atoms with van der Waals surface area (Å²) in [4.78, 5) is 41.2. The smallest absolute Gasteiger partial charge is 0.407 e. The third-order valence-corrected chi connectivity index (χ3v) is 6.56. The molecule has 0 heterocycles. The van der Waals surface area contributed by atoms with Gasteiger partial charge in [-0.3, -0.25) is 9.59 Å². The SMILES string of the molecule is CC(C)(C)OC(=O)CCN(CCCN=[N+]=[N-])C(=O)COCCOCCNC(=O)OCC1c2ccccc2-c2ccccc21. The highest BCUT2D eigenvalue weighted by molar-refractivity contribution is 5.79. The van der Waals surface area contributed by atoms with Crippen molar-refractivity contribution in [3.05, 3.63) is 70.1 Å². The highest BCUT2D eigenvalue weighted by Gasteiger charge is 2.29. The van der Waals surface area contributed by atoms with Crippen LogP contribution >= 0.6 is 0 Å². The fourth-order valence-corrected chi connectivity index (χ4v) is 4.70. The van der Waals surface area contributed by atoms with Gasteiger partial charge in [-0.25, -0.2) is 4.79 Å². The van der Waals surface area contributed by atoms with Crippen LogP contribution in [0.25, 0.3) is 21.6 Å². The number of carbonyl (C=O) groups is 3. The van der Waals surface area contributed by atoms with Crippen LogP contribution in [0.4, 0.5) is 4.79 Å². The molecule has 12 heteroatoms. The Morgan fingerprint density at radius 1 is 0.953 bits per heavy atom. The number of alkyl carbamates (subject to hydrolysis) is 1. The molecule has 2 aromatic rings. The first-order chi connectivity index (χ1) is 20.7. The number of rotatable bonds is 17. The zero-order chi connectivity index (χ0) is 31.1. The Labute approximate surface area is 252 Å². The van der Waals surface area contributed by atoms with Crippen LogP contribution in [0, 0.1) is 0 Å². The van der Waals surface area contributed by atoms with Crippen molar-refractivity contribution in [2.24, 2.45) is 5.11 Å². The van der Waals surface area contributed by atoms with E-state index in [1.54, 1.807) is 20.8 Å². The van der Waals surface area contributed by atoms with Gasteiger partial charge in [0, 0.05) is 37.0 Å². The van der Waals surface area contributed by atoms with Crippen molar-refractivity contribution in [3.63, 3.8) is 0 Å². The fraction of sp³-hybridized carbons (Fsp3) is 0.516. The van der Waals surface area contributed by atoms with Gasteiger partial charge in [-0.05, 0) is 55.0 Å². The second-order valence-corrected chi connectivity index (χ2v) is 10.9. The number of amides is 2. The third-order valence-electron chi connectivity index (χ3n) is 6.56. The number of carbonyl (C=O) groups excluding carboxylic acids is 3. The van der Waals surface area contributed by atoms with E-state index in [1.165, 1.54) is 16.0 Å². The normalized spacial score (nSPS) is 12.1. The lowest BCUT2D eigenvalue weighted by molar-refractivity contribution is -0.155. The van der Waals surface area contributed by atoms with Crippen LogP contribution in [0.3, 0.4) is 0 Å². The lowest BCUT2D eigenvalue weighted by Gasteiger charge is -2.24. The molecule has 0 spiro atoms. The predicted octanol–water partition coefficient (Wildman–Crippen LogP) is 4.82. The number of ether oxygens (including phenoxy) is 4. The maximum Gasteiger partial charge on any atom is 0.407 e. The lowest BCUT2D eigenvalue weighted by atomic mass is 9.98. The molecular weight excluding hydrogens is 554 g/mol. The van der Waals surface area contributed by atoms with Gasteiger partial charge in [-0.15, -0.1) is 0 Å². The first-order valence-electron chi connectivity index (χ1n) is 14.4. The Balaban J connectivity index is 1.29. The van der Waals surface area contributed by atoms with Gasteiger partial charge in [0.15, 0.2) is 0 Å². The van der Waals surface area contributed by atoms with Crippen LogP contribution < -0.4 is 5.32 Å². The largest absolute Gasteiger partial charge is 0.460 e. The van der Waals surface area contributed by atoms with Crippen LogP contribution in [-0.2, 0) is 28.5 Å². The zero-order valence-corrected chi connectivity index (χ0v) is 25.1. The van der Waals surface area contributed by atoms with E-state index in [4.69, 9.17) is 24.5 Å². The maximum atomic E-state index is 12.7. The second-order valence-electron chi connectivity index (χ2n) is 10.9. The Kier molecular flexibility index (Phi) is 13.3. The molecule has 3 rings (SSSR count). The van der Waals surface area contributed by atoms with E-state index in [-0.39, 0.29) is 70.9 Å². The van der Waals surface area contributed by atoms with Gasteiger partial charge < -0.3 is 29.2 Å². The van der Waals surface area contributed by atoms with Crippen LogP contribution in [0.5, 0.6) is 0 Å². The molecule has 0 fully saturated rings. The quantitative estimate of drug-likeness (QED) is 0.0905. The summed E-state index contributed by atoms with van der Waals surface area (Å²) in [5.74, 6) is -0.698.